The molecule has 16 heavy (non-hydrogen) atoms. The lowest BCUT2D eigenvalue weighted by atomic mass is 10.2. The fraction of sp³-hybridized carbons (Fsp3) is 0.0833. The number of hydrogen-bond acceptors (Lipinski definition) is 3. The van der Waals surface area contributed by atoms with E-state index in [0.717, 1.165) is 5.56 Å². The molecule has 0 spiro atoms. The van der Waals surface area contributed by atoms with E-state index in [1.54, 1.807) is 0 Å². The first-order chi connectivity index (χ1) is 7.66. The Bertz CT molecular complexity index is 526. The summed E-state index contributed by atoms with van der Waals surface area (Å²) in [4.78, 5) is 19.5. The Morgan fingerprint density at radius 1 is 1.19 bits per heavy atom. The summed E-state index contributed by atoms with van der Waals surface area (Å²) in [6.45, 7) is 1.45. The van der Waals surface area contributed by atoms with E-state index in [2.05, 4.69) is 9.97 Å². The summed E-state index contributed by atoms with van der Waals surface area (Å²) in [5.41, 5.74) is 1.17. The molecular formula is C12H9ClN2O. The molecule has 0 aliphatic heterocycles. The number of nitrogens with zero attached hydrogens (tertiary/aromatic N) is 2. The number of carbonyl (C=O) groups excluding carboxylic acids is 1. The largest absolute Gasteiger partial charge is 0.293 e. The number of Topliss-reactive ketones (excluding diaryl/α,β-unsaturated/α-hetero) is 1. The Morgan fingerprint density at radius 3 is 2.50 bits per heavy atom. The highest BCUT2D eigenvalue weighted by Crippen LogP contribution is 2.17. The molecule has 0 N–H and O–H groups in total. The van der Waals surface area contributed by atoms with Gasteiger partial charge in [0, 0.05) is 18.6 Å². The molecule has 0 fully saturated rings. The summed E-state index contributed by atoms with van der Waals surface area (Å²) in [5, 5.41) is 0.277. The van der Waals surface area contributed by atoms with Crippen LogP contribution in [-0.4, -0.2) is 15.8 Å². The van der Waals surface area contributed by atoms with E-state index in [1.807, 2.05) is 30.3 Å². The number of ketones is 1. The summed E-state index contributed by atoms with van der Waals surface area (Å²) in [6, 6.07) is 10.9. The monoisotopic (exact) mass is 232 g/mol. The molecule has 0 saturated carbocycles. The van der Waals surface area contributed by atoms with Gasteiger partial charge in [0.2, 0.25) is 0 Å². The van der Waals surface area contributed by atoms with Crippen LogP contribution in [-0.2, 0) is 0 Å². The van der Waals surface area contributed by atoms with Crippen molar-refractivity contribution in [2.24, 2.45) is 0 Å². The van der Waals surface area contributed by atoms with Crippen LogP contribution in [0, 0.1) is 0 Å². The molecule has 1 heterocycles. The van der Waals surface area contributed by atoms with Gasteiger partial charge in [-0.15, -0.1) is 0 Å². The van der Waals surface area contributed by atoms with Crippen molar-refractivity contribution >= 4 is 17.4 Å². The van der Waals surface area contributed by atoms with Gasteiger partial charge in [-0.2, -0.15) is 0 Å². The molecular weight excluding hydrogens is 224 g/mol. The molecule has 1 aromatic carbocycles. The van der Waals surface area contributed by atoms with Crippen molar-refractivity contribution in [3.05, 3.63) is 47.2 Å². The molecule has 0 bridgehead atoms. The van der Waals surface area contributed by atoms with E-state index in [4.69, 9.17) is 11.6 Å². The minimum atomic E-state index is -0.124. The highest BCUT2D eigenvalue weighted by molar-refractivity contribution is 6.29. The third kappa shape index (κ3) is 2.25. The predicted molar refractivity (Wildman–Crippen MR) is 62.5 cm³/mol. The maximum atomic E-state index is 11.2. The van der Waals surface area contributed by atoms with Crippen LogP contribution in [0.2, 0.25) is 5.15 Å². The quantitative estimate of drug-likeness (QED) is 0.591. The lowest BCUT2D eigenvalue weighted by Gasteiger charge is -2.02. The lowest BCUT2D eigenvalue weighted by Crippen LogP contribution is -2.00. The van der Waals surface area contributed by atoms with Gasteiger partial charge in [0.1, 0.15) is 10.8 Å². The van der Waals surface area contributed by atoms with E-state index < -0.39 is 0 Å². The van der Waals surface area contributed by atoms with Gasteiger partial charge in [-0.25, -0.2) is 9.97 Å². The Hall–Kier alpha value is -1.74. The van der Waals surface area contributed by atoms with Crippen LogP contribution in [0.5, 0.6) is 0 Å². The van der Waals surface area contributed by atoms with Crippen LogP contribution in [0.1, 0.15) is 17.4 Å². The van der Waals surface area contributed by atoms with E-state index in [9.17, 15) is 4.79 Å². The number of halogens is 1. The average molecular weight is 233 g/mol. The van der Waals surface area contributed by atoms with Crippen LogP contribution in [0.25, 0.3) is 11.4 Å². The van der Waals surface area contributed by atoms with E-state index >= 15 is 0 Å². The summed E-state index contributed by atoms with van der Waals surface area (Å²) >= 11 is 5.84. The molecule has 1 aromatic heterocycles. The van der Waals surface area contributed by atoms with E-state index in [-0.39, 0.29) is 10.9 Å². The average Bonchev–Trinajstić information content (AvgIpc) is 2.29. The molecule has 0 radical (unpaired) electrons. The van der Waals surface area contributed by atoms with Gasteiger partial charge in [0.15, 0.2) is 11.6 Å². The molecule has 3 nitrogen and oxygen atoms in total. The standard InChI is InChI=1S/C12H9ClN2O/c1-8(16)10-7-11(13)15-12(14-10)9-5-3-2-4-6-9/h2-7H,1H3. The molecule has 0 aliphatic carbocycles. The molecule has 0 saturated heterocycles. The second-order valence-electron chi connectivity index (χ2n) is 3.32. The number of aromatic nitrogens is 2. The van der Waals surface area contributed by atoms with Crippen LogP contribution < -0.4 is 0 Å². The van der Waals surface area contributed by atoms with Crippen molar-refractivity contribution in [2.45, 2.75) is 6.92 Å². The van der Waals surface area contributed by atoms with E-state index in [0.29, 0.717) is 11.5 Å². The fourth-order valence-electron chi connectivity index (χ4n) is 1.31. The maximum absolute atomic E-state index is 11.2. The Balaban J connectivity index is 2.54. The van der Waals surface area contributed by atoms with Gasteiger partial charge in [-0.05, 0) is 0 Å². The maximum Gasteiger partial charge on any atom is 0.178 e. The third-order valence-corrected chi connectivity index (χ3v) is 2.28. The first-order valence-electron chi connectivity index (χ1n) is 4.78. The van der Waals surface area contributed by atoms with Crippen LogP contribution in [0.15, 0.2) is 36.4 Å². The van der Waals surface area contributed by atoms with Crippen molar-refractivity contribution in [1.82, 2.24) is 9.97 Å². The highest BCUT2D eigenvalue weighted by atomic mass is 35.5. The summed E-state index contributed by atoms with van der Waals surface area (Å²) < 4.78 is 0. The first kappa shape index (κ1) is 10.8. The van der Waals surface area contributed by atoms with E-state index in [1.165, 1.54) is 13.0 Å². The van der Waals surface area contributed by atoms with Gasteiger partial charge < -0.3 is 0 Å². The number of rotatable bonds is 2. The lowest BCUT2D eigenvalue weighted by molar-refractivity contribution is 0.101. The number of hydrogen-bond donors (Lipinski definition) is 0. The first-order valence-corrected chi connectivity index (χ1v) is 5.15. The molecule has 0 unspecified atom stereocenters. The van der Waals surface area contributed by atoms with Crippen LogP contribution >= 0.6 is 11.6 Å². The molecule has 0 aliphatic rings. The second-order valence-corrected chi connectivity index (χ2v) is 3.71. The highest BCUT2D eigenvalue weighted by Gasteiger charge is 2.08. The Labute approximate surface area is 98.1 Å². The Morgan fingerprint density at radius 2 is 1.88 bits per heavy atom. The van der Waals surface area contributed by atoms with Crippen molar-refractivity contribution in [3.8, 4) is 11.4 Å². The van der Waals surface area contributed by atoms with Crippen molar-refractivity contribution in [2.75, 3.05) is 0 Å². The van der Waals surface area contributed by atoms with Crippen molar-refractivity contribution in [3.63, 3.8) is 0 Å². The summed E-state index contributed by atoms with van der Waals surface area (Å²) in [6.07, 6.45) is 0. The zero-order valence-electron chi connectivity index (χ0n) is 8.64. The van der Waals surface area contributed by atoms with Crippen LogP contribution in [0.3, 0.4) is 0 Å². The normalized spacial score (nSPS) is 10.1. The summed E-state index contributed by atoms with van der Waals surface area (Å²) in [7, 11) is 0. The molecule has 4 heteroatoms. The zero-order valence-corrected chi connectivity index (χ0v) is 9.40. The summed E-state index contributed by atoms with van der Waals surface area (Å²) in [5.74, 6) is 0.347. The van der Waals surface area contributed by atoms with Gasteiger partial charge in [0.05, 0.1) is 0 Å². The molecule has 2 rings (SSSR count). The van der Waals surface area contributed by atoms with Crippen LogP contribution in [0.4, 0.5) is 0 Å². The molecule has 80 valence electrons. The number of benzene rings is 1. The third-order valence-electron chi connectivity index (χ3n) is 2.09. The van der Waals surface area contributed by atoms with Gasteiger partial charge in [-0.3, -0.25) is 4.79 Å². The molecule has 2 aromatic rings. The predicted octanol–water partition coefficient (Wildman–Crippen LogP) is 3.00. The van der Waals surface area contributed by atoms with Gasteiger partial charge in [-0.1, -0.05) is 41.9 Å². The Kier molecular flexibility index (Phi) is 2.97. The molecule has 0 atom stereocenters. The second kappa shape index (κ2) is 4.41. The number of carbonyl (C=O) groups is 1. The van der Waals surface area contributed by atoms with Crippen molar-refractivity contribution < 1.29 is 4.79 Å². The zero-order chi connectivity index (χ0) is 11.5. The smallest absolute Gasteiger partial charge is 0.178 e. The SMILES string of the molecule is CC(=O)c1cc(Cl)nc(-c2ccccc2)n1. The van der Waals surface area contributed by atoms with Crippen molar-refractivity contribution in [1.29, 1.82) is 0 Å². The van der Waals surface area contributed by atoms with Gasteiger partial charge in [0.25, 0.3) is 0 Å². The minimum absolute atomic E-state index is 0.124. The molecule has 0 amide bonds. The minimum Gasteiger partial charge on any atom is -0.293 e. The fourth-order valence-corrected chi connectivity index (χ4v) is 1.50. The topological polar surface area (TPSA) is 42.9 Å². The van der Waals surface area contributed by atoms with Gasteiger partial charge >= 0.3 is 0 Å².